The predicted octanol–water partition coefficient (Wildman–Crippen LogP) is 3.22. The van der Waals surface area contributed by atoms with Crippen LogP contribution in [0.3, 0.4) is 0 Å². The van der Waals surface area contributed by atoms with Gasteiger partial charge in [-0.05, 0) is 73.2 Å². The predicted molar refractivity (Wildman–Crippen MR) is 120 cm³/mol. The summed E-state index contributed by atoms with van der Waals surface area (Å²) in [5, 5.41) is 2.94. The number of nitrogen functional groups attached to an aromatic ring is 1. The number of sulfonamides is 2. The van der Waals surface area contributed by atoms with E-state index in [0.717, 1.165) is 11.8 Å². The lowest BCUT2D eigenvalue weighted by Crippen LogP contribution is -2.17. The molecule has 3 aromatic rings. The van der Waals surface area contributed by atoms with Crippen molar-refractivity contribution in [3.8, 4) is 0 Å². The van der Waals surface area contributed by atoms with Gasteiger partial charge >= 0.3 is 0 Å². The average molecular weight is 447 g/mol. The summed E-state index contributed by atoms with van der Waals surface area (Å²) in [6, 6.07) is 16.8. The molecule has 0 spiro atoms. The number of rotatable bonds is 7. The molecule has 0 saturated heterocycles. The molecule has 158 valence electrons. The van der Waals surface area contributed by atoms with Crippen LogP contribution in [0.1, 0.15) is 5.56 Å². The van der Waals surface area contributed by atoms with Crippen LogP contribution < -0.4 is 20.5 Å². The van der Waals surface area contributed by atoms with Crippen molar-refractivity contribution in [2.75, 3.05) is 27.5 Å². The number of aryl methyl sites for hydroxylation is 1. The van der Waals surface area contributed by atoms with Crippen molar-refractivity contribution in [3.63, 3.8) is 0 Å². The highest BCUT2D eigenvalue weighted by molar-refractivity contribution is 7.93. The summed E-state index contributed by atoms with van der Waals surface area (Å²) in [5.74, 6) is 0. The van der Waals surface area contributed by atoms with E-state index in [1.54, 1.807) is 50.4 Å². The molecule has 30 heavy (non-hydrogen) atoms. The second-order valence-electron chi connectivity index (χ2n) is 6.59. The molecule has 5 N–H and O–H groups in total. The van der Waals surface area contributed by atoms with Gasteiger partial charge in [0.2, 0.25) is 0 Å². The van der Waals surface area contributed by atoms with Crippen molar-refractivity contribution >= 4 is 42.8 Å². The SMILES string of the molecule is CNc1ccc(NS(=O)(=O)c2ccc(C)c(S(=O)(=O)Nc3ccc(N)cc3)c2)cc1. The minimum absolute atomic E-state index is 0.132. The third kappa shape index (κ3) is 4.84. The highest BCUT2D eigenvalue weighted by Crippen LogP contribution is 2.25. The Morgan fingerprint density at radius 2 is 1.20 bits per heavy atom. The summed E-state index contributed by atoms with van der Waals surface area (Å²) in [7, 11) is -6.25. The molecule has 0 atom stereocenters. The van der Waals surface area contributed by atoms with Crippen molar-refractivity contribution in [1.82, 2.24) is 0 Å². The van der Waals surface area contributed by atoms with Crippen LogP contribution in [0.5, 0.6) is 0 Å². The number of hydrogen-bond donors (Lipinski definition) is 4. The molecule has 10 heteroatoms. The Bertz CT molecular complexity index is 1260. The minimum atomic E-state index is -4.01. The van der Waals surface area contributed by atoms with Gasteiger partial charge in [-0.2, -0.15) is 0 Å². The van der Waals surface area contributed by atoms with Gasteiger partial charge in [0.05, 0.1) is 9.79 Å². The average Bonchev–Trinajstić information content (AvgIpc) is 2.70. The Balaban J connectivity index is 1.92. The Labute approximate surface area is 176 Å². The molecule has 3 rings (SSSR count). The van der Waals surface area contributed by atoms with Crippen molar-refractivity contribution in [1.29, 1.82) is 0 Å². The van der Waals surface area contributed by atoms with Crippen molar-refractivity contribution < 1.29 is 16.8 Å². The van der Waals surface area contributed by atoms with Crippen molar-refractivity contribution in [2.45, 2.75) is 16.7 Å². The van der Waals surface area contributed by atoms with E-state index in [9.17, 15) is 16.8 Å². The third-order valence-electron chi connectivity index (χ3n) is 4.35. The molecule has 0 aliphatic carbocycles. The minimum Gasteiger partial charge on any atom is -0.399 e. The topological polar surface area (TPSA) is 130 Å². The van der Waals surface area contributed by atoms with Gasteiger partial charge in [0, 0.05) is 29.8 Å². The van der Waals surface area contributed by atoms with Crippen LogP contribution in [0.4, 0.5) is 22.7 Å². The van der Waals surface area contributed by atoms with Crippen LogP contribution in [0.15, 0.2) is 76.5 Å². The number of hydrogen-bond acceptors (Lipinski definition) is 6. The fourth-order valence-electron chi connectivity index (χ4n) is 2.72. The molecule has 0 heterocycles. The van der Waals surface area contributed by atoms with Gasteiger partial charge in [-0.25, -0.2) is 16.8 Å². The largest absolute Gasteiger partial charge is 0.399 e. The number of benzene rings is 3. The van der Waals surface area contributed by atoms with Crippen LogP contribution in [-0.2, 0) is 20.0 Å². The summed E-state index contributed by atoms with van der Waals surface area (Å²) in [6.45, 7) is 1.60. The number of nitrogens with one attached hydrogen (secondary N) is 3. The van der Waals surface area contributed by atoms with Gasteiger partial charge in [0.1, 0.15) is 0 Å². The first kappa shape index (κ1) is 21.5. The molecule has 0 bridgehead atoms. The maximum absolute atomic E-state index is 12.9. The van der Waals surface area contributed by atoms with Crippen LogP contribution in [0.2, 0.25) is 0 Å². The molecule has 8 nitrogen and oxygen atoms in total. The molecule has 0 unspecified atom stereocenters. The van der Waals surface area contributed by atoms with Gasteiger partial charge in [-0.3, -0.25) is 9.44 Å². The number of anilines is 4. The fraction of sp³-hybridized carbons (Fsp3) is 0.100. The molecule has 0 saturated carbocycles. The quantitative estimate of drug-likeness (QED) is 0.412. The maximum atomic E-state index is 12.9. The van der Waals surface area contributed by atoms with E-state index in [-0.39, 0.29) is 9.79 Å². The zero-order chi connectivity index (χ0) is 21.9. The Hall–Kier alpha value is -3.24. The Kier molecular flexibility index (Phi) is 5.90. The number of nitrogens with two attached hydrogens (primary N) is 1. The van der Waals surface area contributed by atoms with Crippen molar-refractivity contribution in [3.05, 3.63) is 72.3 Å². The standard InChI is InChI=1S/C20H22N4O4S2/c1-14-3-12-19(29(25,26)23-18-10-8-16(22-2)9-11-18)13-20(14)30(27,28)24-17-6-4-15(21)5-7-17/h3-13,22-24H,21H2,1-2H3. The molecule has 3 aromatic carbocycles. The summed E-state index contributed by atoms with van der Waals surface area (Å²) < 4.78 is 56.2. The lowest BCUT2D eigenvalue weighted by molar-refractivity contribution is 0.599. The summed E-state index contributed by atoms with van der Waals surface area (Å²) in [5.41, 5.74) is 8.04. The van der Waals surface area contributed by atoms with E-state index in [1.165, 1.54) is 24.3 Å². The van der Waals surface area contributed by atoms with E-state index >= 15 is 0 Å². The first-order valence-electron chi connectivity index (χ1n) is 8.90. The van der Waals surface area contributed by atoms with Gasteiger partial charge in [0.25, 0.3) is 20.0 Å². The monoisotopic (exact) mass is 446 g/mol. The molecule has 0 aromatic heterocycles. The lowest BCUT2D eigenvalue weighted by Gasteiger charge is -2.13. The summed E-state index contributed by atoms with van der Waals surface area (Å²) >= 11 is 0. The van der Waals surface area contributed by atoms with Crippen molar-refractivity contribution in [2.24, 2.45) is 0 Å². The molecular weight excluding hydrogens is 424 g/mol. The first-order chi connectivity index (χ1) is 14.1. The highest BCUT2D eigenvalue weighted by atomic mass is 32.2. The first-order valence-corrected chi connectivity index (χ1v) is 11.9. The fourth-order valence-corrected chi connectivity index (χ4v) is 5.21. The Morgan fingerprint density at radius 1 is 0.700 bits per heavy atom. The van der Waals surface area contributed by atoms with E-state index < -0.39 is 20.0 Å². The normalized spacial score (nSPS) is 11.7. The second kappa shape index (κ2) is 8.25. The highest BCUT2D eigenvalue weighted by Gasteiger charge is 2.22. The van der Waals surface area contributed by atoms with E-state index in [4.69, 9.17) is 5.73 Å². The zero-order valence-electron chi connectivity index (χ0n) is 16.4. The zero-order valence-corrected chi connectivity index (χ0v) is 18.0. The van der Waals surface area contributed by atoms with Crippen LogP contribution in [-0.4, -0.2) is 23.9 Å². The molecule has 0 radical (unpaired) electrons. The molecule has 0 amide bonds. The second-order valence-corrected chi connectivity index (χ2v) is 9.92. The van der Waals surface area contributed by atoms with Gasteiger partial charge in [-0.15, -0.1) is 0 Å². The van der Waals surface area contributed by atoms with Crippen LogP contribution in [0.25, 0.3) is 0 Å². The van der Waals surface area contributed by atoms with E-state index in [0.29, 0.717) is 22.6 Å². The van der Waals surface area contributed by atoms with Gasteiger partial charge in [-0.1, -0.05) is 6.07 Å². The van der Waals surface area contributed by atoms with Gasteiger partial charge in [0.15, 0.2) is 0 Å². The molecule has 0 aliphatic rings. The van der Waals surface area contributed by atoms with E-state index in [1.807, 2.05) is 0 Å². The molecular formula is C20H22N4O4S2. The third-order valence-corrected chi connectivity index (χ3v) is 7.25. The van der Waals surface area contributed by atoms with E-state index in [2.05, 4.69) is 14.8 Å². The maximum Gasteiger partial charge on any atom is 0.262 e. The smallest absolute Gasteiger partial charge is 0.262 e. The lowest BCUT2D eigenvalue weighted by atomic mass is 10.2. The Morgan fingerprint density at radius 3 is 1.77 bits per heavy atom. The van der Waals surface area contributed by atoms with Gasteiger partial charge < -0.3 is 11.1 Å². The summed E-state index contributed by atoms with van der Waals surface area (Å²) in [4.78, 5) is -0.295. The summed E-state index contributed by atoms with van der Waals surface area (Å²) in [6.07, 6.45) is 0. The van der Waals surface area contributed by atoms with Crippen LogP contribution >= 0.6 is 0 Å². The molecule has 0 fully saturated rings. The molecule has 0 aliphatic heterocycles. The van der Waals surface area contributed by atoms with Crippen LogP contribution in [0, 0.1) is 6.92 Å².